The molecule has 0 atom stereocenters. The first-order chi connectivity index (χ1) is 11.8. The quantitative estimate of drug-likeness (QED) is 0.621. The van der Waals surface area contributed by atoms with Gasteiger partial charge in [0, 0.05) is 6.54 Å². The summed E-state index contributed by atoms with van der Waals surface area (Å²) in [4.78, 5) is 16.7. The van der Waals surface area contributed by atoms with Crippen molar-refractivity contribution in [2.24, 2.45) is 0 Å². The number of benzene rings is 2. The second-order valence-corrected chi connectivity index (χ2v) is 5.81. The Labute approximate surface area is 141 Å². The van der Waals surface area contributed by atoms with Crippen molar-refractivity contribution >= 4 is 10.9 Å². The third-order valence-corrected chi connectivity index (χ3v) is 4.13. The Balaban J connectivity index is 1.49. The molecule has 0 saturated carbocycles. The topological polar surface area (TPSA) is 44.1 Å². The van der Waals surface area contributed by atoms with E-state index in [-0.39, 0.29) is 5.56 Å². The first-order valence-corrected chi connectivity index (χ1v) is 8.44. The zero-order valence-corrected chi connectivity index (χ0v) is 13.9. The van der Waals surface area contributed by atoms with Gasteiger partial charge in [-0.1, -0.05) is 31.2 Å². The molecule has 0 fully saturated rings. The molecule has 1 heterocycles. The van der Waals surface area contributed by atoms with Crippen molar-refractivity contribution in [2.75, 3.05) is 6.61 Å². The number of para-hydroxylation sites is 1. The maximum absolute atomic E-state index is 12.4. The maximum atomic E-state index is 12.4. The average molecular weight is 322 g/mol. The Bertz CT molecular complexity index is 853. The molecule has 0 aliphatic carbocycles. The summed E-state index contributed by atoms with van der Waals surface area (Å²) in [5, 5.41) is 0.673. The molecule has 0 N–H and O–H groups in total. The Morgan fingerprint density at radius 1 is 1.04 bits per heavy atom. The second kappa shape index (κ2) is 7.77. The van der Waals surface area contributed by atoms with Crippen LogP contribution in [0.4, 0.5) is 0 Å². The Morgan fingerprint density at radius 3 is 2.62 bits per heavy atom. The fraction of sp³-hybridized carbons (Fsp3) is 0.300. The first-order valence-electron chi connectivity index (χ1n) is 8.44. The molecule has 3 aromatic rings. The minimum Gasteiger partial charge on any atom is -0.494 e. The number of unbranched alkanes of at least 4 members (excludes halogenated alkanes) is 1. The molecule has 0 unspecified atom stereocenters. The summed E-state index contributed by atoms with van der Waals surface area (Å²) in [5.74, 6) is 0.900. The summed E-state index contributed by atoms with van der Waals surface area (Å²) in [7, 11) is 0. The van der Waals surface area contributed by atoms with Gasteiger partial charge in [-0.3, -0.25) is 9.36 Å². The molecule has 24 heavy (non-hydrogen) atoms. The van der Waals surface area contributed by atoms with E-state index in [1.807, 2.05) is 36.4 Å². The highest BCUT2D eigenvalue weighted by Gasteiger charge is 2.03. The molecule has 0 bridgehead atoms. The molecular formula is C20H22N2O2. The molecule has 3 rings (SSSR count). The van der Waals surface area contributed by atoms with Crippen molar-refractivity contribution < 1.29 is 4.74 Å². The molecule has 0 amide bonds. The van der Waals surface area contributed by atoms with Gasteiger partial charge in [-0.2, -0.15) is 0 Å². The molecule has 4 nitrogen and oxygen atoms in total. The van der Waals surface area contributed by atoms with E-state index >= 15 is 0 Å². The van der Waals surface area contributed by atoms with Crippen LogP contribution in [-0.4, -0.2) is 16.2 Å². The monoisotopic (exact) mass is 322 g/mol. The van der Waals surface area contributed by atoms with Crippen molar-refractivity contribution in [2.45, 2.75) is 32.7 Å². The number of aromatic nitrogens is 2. The molecule has 0 spiro atoms. The molecule has 0 radical (unpaired) electrons. The Kier molecular flexibility index (Phi) is 5.26. The summed E-state index contributed by atoms with van der Waals surface area (Å²) >= 11 is 0. The van der Waals surface area contributed by atoms with Crippen molar-refractivity contribution in [3.05, 3.63) is 70.8 Å². The van der Waals surface area contributed by atoms with E-state index in [1.165, 1.54) is 5.56 Å². The zero-order chi connectivity index (χ0) is 16.8. The minimum absolute atomic E-state index is 0.0247. The maximum Gasteiger partial charge on any atom is 0.261 e. The van der Waals surface area contributed by atoms with E-state index in [2.05, 4.69) is 24.0 Å². The molecule has 124 valence electrons. The smallest absolute Gasteiger partial charge is 0.261 e. The highest BCUT2D eigenvalue weighted by atomic mass is 16.5. The predicted octanol–water partition coefficient (Wildman–Crippen LogP) is 3.82. The van der Waals surface area contributed by atoms with Crippen LogP contribution in [0, 0.1) is 0 Å². The number of ether oxygens (including phenoxy) is 1. The highest BCUT2D eigenvalue weighted by Crippen LogP contribution is 2.13. The normalized spacial score (nSPS) is 10.9. The van der Waals surface area contributed by atoms with E-state index < -0.39 is 0 Å². The number of nitrogens with zero attached hydrogens (tertiary/aromatic N) is 2. The fourth-order valence-electron chi connectivity index (χ4n) is 2.66. The average Bonchev–Trinajstić information content (AvgIpc) is 2.64. The number of fused-ring (bicyclic) bond motifs is 1. The summed E-state index contributed by atoms with van der Waals surface area (Å²) in [5.41, 5.74) is 2.08. The molecule has 0 saturated heterocycles. The Hall–Kier alpha value is -2.62. The predicted molar refractivity (Wildman–Crippen MR) is 96.6 cm³/mol. The van der Waals surface area contributed by atoms with Gasteiger partial charge in [0.2, 0.25) is 0 Å². The van der Waals surface area contributed by atoms with Crippen LogP contribution in [0.1, 0.15) is 25.3 Å². The summed E-state index contributed by atoms with van der Waals surface area (Å²) in [6, 6.07) is 15.7. The lowest BCUT2D eigenvalue weighted by molar-refractivity contribution is 0.302. The van der Waals surface area contributed by atoms with Gasteiger partial charge in [-0.05, 0) is 49.1 Å². The standard InChI is InChI=1S/C20H22N2O2/c1-2-16-9-11-17(12-10-16)24-14-6-5-13-22-15-21-19-8-4-3-7-18(19)20(22)23/h3-4,7-12,15H,2,5-6,13-14H2,1H3. The van der Waals surface area contributed by atoms with E-state index in [4.69, 9.17) is 4.74 Å². The summed E-state index contributed by atoms with van der Waals surface area (Å²) < 4.78 is 7.42. The van der Waals surface area contributed by atoms with E-state index in [1.54, 1.807) is 10.9 Å². The van der Waals surface area contributed by atoms with Crippen LogP contribution < -0.4 is 10.3 Å². The number of hydrogen-bond acceptors (Lipinski definition) is 3. The van der Waals surface area contributed by atoms with Gasteiger partial charge in [0.05, 0.1) is 23.8 Å². The van der Waals surface area contributed by atoms with Crippen LogP contribution in [0.2, 0.25) is 0 Å². The van der Waals surface area contributed by atoms with Crippen LogP contribution in [0.5, 0.6) is 5.75 Å². The molecule has 1 aromatic heterocycles. The molecular weight excluding hydrogens is 300 g/mol. The second-order valence-electron chi connectivity index (χ2n) is 5.81. The van der Waals surface area contributed by atoms with Crippen molar-refractivity contribution in [3.8, 4) is 5.75 Å². The number of rotatable bonds is 7. The number of hydrogen-bond donors (Lipinski definition) is 0. The van der Waals surface area contributed by atoms with Crippen LogP contribution >= 0.6 is 0 Å². The zero-order valence-electron chi connectivity index (χ0n) is 13.9. The van der Waals surface area contributed by atoms with Crippen LogP contribution in [0.25, 0.3) is 10.9 Å². The third kappa shape index (κ3) is 3.82. The fourth-order valence-corrected chi connectivity index (χ4v) is 2.66. The van der Waals surface area contributed by atoms with Crippen molar-refractivity contribution in [1.82, 2.24) is 9.55 Å². The third-order valence-electron chi connectivity index (χ3n) is 4.13. The van der Waals surface area contributed by atoms with Crippen LogP contribution in [0.15, 0.2) is 59.7 Å². The molecule has 4 heteroatoms. The SMILES string of the molecule is CCc1ccc(OCCCCn2cnc3ccccc3c2=O)cc1. The lowest BCUT2D eigenvalue weighted by Crippen LogP contribution is -2.20. The lowest BCUT2D eigenvalue weighted by Gasteiger charge is -2.08. The van der Waals surface area contributed by atoms with E-state index in [9.17, 15) is 4.79 Å². The summed E-state index contributed by atoms with van der Waals surface area (Å²) in [6.07, 6.45) is 4.45. The van der Waals surface area contributed by atoms with Gasteiger partial charge in [0.15, 0.2) is 0 Å². The van der Waals surface area contributed by atoms with Gasteiger partial charge in [-0.25, -0.2) is 4.98 Å². The van der Waals surface area contributed by atoms with Gasteiger partial charge in [0.1, 0.15) is 5.75 Å². The Morgan fingerprint density at radius 2 is 1.83 bits per heavy atom. The highest BCUT2D eigenvalue weighted by molar-refractivity contribution is 5.76. The molecule has 0 aliphatic heterocycles. The van der Waals surface area contributed by atoms with Gasteiger partial charge in [0.25, 0.3) is 5.56 Å². The lowest BCUT2D eigenvalue weighted by atomic mass is 10.2. The van der Waals surface area contributed by atoms with Crippen molar-refractivity contribution in [3.63, 3.8) is 0 Å². The largest absolute Gasteiger partial charge is 0.494 e. The number of aryl methyl sites for hydroxylation is 2. The first kappa shape index (κ1) is 16.2. The van der Waals surface area contributed by atoms with E-state index in [0.29, 0.717) is 18.5 Å². The molecule has 2 aromatic carbocycles. The molecule has 0 aliphatic rings. The van der Waals surface area contributed by atoms with Crippen molar-refractivity contribution in [1.29, 1.82) is 0 Å². The van der Waals surface area contributed by atoms with E-state index in [0.717, 1.165) is 30.5 Å². The van der Waals surface area contributed by atoms with Crippen LogP contribution in [-0.2, 0) is 13.0 Å². The van der Waals surface area contributed by atoms with Gasteiger partial charge < -0.3 is 4.74 Å². The summed E-state index contributed by atoms with van der Waals surface area (Å²) in [6.45, 7) is 3.45. The van der Waals surface area contributed by atoms with Crippen LogP contribution in [0.3, 0.4) is 0 Å². The van der Waals surface area contributed by atoms with Gasteiger partial charge >= 0.3 is 0 Å². The van der Waals surface area contributed by atoms with Gasteiger partial charge in [-0.15, -0.1) is 0 Å². The minimum atomic E-state index is 0.0247.